The monoisotopic (exact) mass is 334 g/mol. The Bertz CT molecular complexity index is 730. The van der Waals surface area contributed by atoms with Crippen molar-refractivity contribution in [3.63, 3.8) is 0 Å². The minimum Gasteiger partial charge on any atom is -0.400 e. The van der Waals surface area contributed by atoms with E-state index in [9.17, 15) is 23.3 Å². The minimum absolute atomic E-state index is 0.0715. The fourth-order valence-corrected chi connectivity index (χ4v) is 1.55. The van der Waals surface area contributed by atoms with Gasteiger partial charge < -0.3 is 4.42 Å². The van der Waals surface area contributed by atoms with E-state index in [0.29, 0.717) is 12.3 Å². The Kier molecular flexibility index (Phi) is 4.31. The summed E-state index contributed by atoms with van der Waals surface area (Å²) < 4.78 is 42.1. The first-order valence-corrected chi connectivity index (χ1v) is 5.91. The first kappa shape index (κ1) is 15.8. The lowest BCUT2D eigenvalue weighted by Crippen LogP contribution is -2.06. The highest BCUT2D eigenvalue weighted by molar-refractivity contribution is 6.32. The topological polar surface area (TPSA) is 93.6 Å². The lowest BCUT2D eigenvalue weighted by Gasteiger charge is -2.08. The van der Waals surface area contributed by atoms with Gasteiger partial charge in [-0.15, -0.1) is 0 Å². The van der Waals surface area contributed by atoms with E-state index in [1.807, 2.05) is 0 Å². The molecule has 0 fully saturated rings. The quantitative estimate of drug-likeness (QED) is 0.522. The molecular formula is C11H6ClF3N4O3. The molecule has 0 aromatic carbocycles. The van der Waals surface area contributed by atoms with E-state index in [2.05, 4.69) is 15.5 Å². The van der Waals surface area contributed by atoms with Crippen molar-refractivity contribution >= 4 is 29.5 Å². The molecule has 0 spiro atoms. The normalized spacial score (nSPS) is 11.8. The number of anilines is 1. The summed E-state index contributed by atoms with van der Waals surface area (Å²) in [7, 11) is 0. The predicted molar refractivity (Wildman–Crippen MR) is 70.8 cm³/mol. The third-order valence-corrected chi connectivity index (χ3v) is 2.61. The zero-order valence-electron chi connectivity index (χ0n) is 10.5. The number of hydrazone groups is 1. The molecule has 2 aromatic rings. The number of aromatic nitrogens is 1. The highest BCUT2D eigenvalue weighted by Crippen LogP contribution is 2.32. The molecule has 2 heterocycles. The van der Waals surface area contributed by atoms with Crippen LogP contribution in [0, 0.1) is 10.1 Å². The Morgan fingerprint density at radius 3 is 2.73 bits per heavy atom. The molecule has 7 nitrogen and oxygen atoms in total. The van der Waals surface area contributed by atoms with Gasteiger partial charge in [-0.25, -0.2) is 4.98 Å². The zero-order valence-corrected chi connectivity index (χ0v) is 11.2. The maximum Gasteiger partial charge on any atom is 0.433 e. The van der Waals surface area contributed by atoms with E-state index >= 15 is 0 Å². The van der Waals surface area contributed by atoms with Crippen LogP contribution in [0.1, 0.15) is 11.3 Å². The van der Waals surface area contributed by atoms with Crippen LogP contribution in [0.5, 0.6) is 0 Å². The molecule has 2 aromatic heterocycles. The van der Waals surface area contributed by atoms with Gasteiger partial charge in [0.25, 0.3) is 0 Å². The summed E-state index contributed by atoms with van der Waals surface area (Å²) in [6, 6.07) is 3.12. The van der Waals surface area contributed by atoms with E-state index in [1.165, 1.54) is 6.07 Å². The van der Waals surface area contributed by atoms with Gasteiger partial charge >= 0.3 is 12.1 Å². The van der Waals surface area contributed by atoms with Crippen LogP contribution in [-0.4, -0.2) is 16.1 Å². The lowest BCUT2D eigenvalue weighted by atomic mass is 10.3. The molecule has 0 aliphatic carbocycles. The van der Waals surface area contributed by atoms with Crippen LogP contribution in [0.2, 0.25) is 5.02 Å². The summed E-state index contributed by atoms with van der Waals surface area (Å²) in [6.45, 7) is 0. The van der Waals surface area contributed by atoms with Crippen molar-refractivity contribution < 1.29 is 22.5 Å². The van der Waals surface area contributed by atoms with Crippen molar-refractivity contribution in [1.29, 1.82) is 0 Å². The number of nitro groups is 1. The largest absolute Gasteiger partial charge is 0.433 e. The molecule has 2 rings (SSSR count). The fourth-order valence-electron chi connectivity index (χ4n) is 1.34. The molecular weight excluding hydrogens is 329 g/mol. The van der Waals surface area contributed by atoms with Crippen molar-refractivity contribution in [3.8, 4) is 0 Å². The number of nitrogens with zero attached hydrogens (tertiary/aromatic N) is 3. The third kappa shape index (κ3) is 3.73. The van der Waals surface area contributed by atoms with Crippen molar-refractivity contribution in [2.45, 2.75) is 6.18 Å². The molecule has 0 unspecified atom stereocenters. The van der Waals surface area contributed by atoms with Gasteiger partial charge in [0.15, 0.2) is 11.6 Å². The molecule has 0 atom stereocenters. The smallest absolute Gasteiger partial charge is 0.400 e. The average molecular weight is 335 g/mol. The van der Waals surface area contributed by atoms with Crippen molar-refractivity contribution in [2.24, 2.45) is 5.10 Å². The first-order valence-electron chi connectivity index (χ1n) is 5.53. The van der Waals surface area contributed by atoms with Crippen molar-refractivity contribution in [2.75, 3.05) is 5.43 Å². The molecule has 0 bridgehead atoms. The molecule has 11 heteroatoms. The van der Waals surface area contributed by atoms with Crippen molar-refractivity contribution in [3.05, 3.63) is 50.9 Å². The summed E-state index contributed by atoms with van der Waals surface area (Å²) in [4.78, 5) is 13.2. The molecule has 1 N–H and O–H groups in total. The zero-order chi connectivity index (χ0) is 16.3. The Balaban J connectivity index is 2.07. The molecule has 22 heavy (non-hydrogen) atoms. The average Bonchev–Trinajstić information content (AvgIpc) is 2.88. The number of furan rings is 1. The van der Waals surface area contributed by atoms with Crippen LogP contribution in [0.4, 0.5) is 24.9 Å². The number of hydrogen-bond donors (Lipinski definition) is 1. The molecule has 0 saturated carbocycles. The Hall–Kier alpha value is -2.62. The summed E-state index contributed by atoms with van der Waals surface area (Å²) in [5.41, 5.74) is 1.32. The Morgan fingerprint density at radius 2 is 2.18 bits per heavy atom. The van der Waals surface area contributed by atoms with E-state index in [0.717, 1.165) is 12.3 Å². The maximum absolute atomic E-state index is 12.4. The van der Waals surface area contributed by atoms with E-state index < -0.39 is 22.5 Å². The maximum atomic E-state index is 12.4. The number of halogens is 4. The van der Waals surface area contributed by atoms with Gasteiger partial charge in [-0.05, 0) is 12.1 Å². The summed E-state index contributed by atoms with van der Waals surface area (Å²) in [5, 5.41) is 13.7. The molecule has 0 amide bonds. The Labute approximate surface area is 125 Å². The number of hydrogen-bond acceptors (Lipinski definition) is 6. The van der Waals surface area contributed by atoms with Crippen molar-refractivity contribution in [1.82, 2.24) is 4.98 Å². The first-order chi connectivity index (χ1) is 10.3. The fraction of sp³-hybridized carbons (Fsp3) is 0.0909. The van der Waals surface area contributed by atoms with E-state index in [-0.39, 0.29) is 16.6 Å². The number of rotatable bonds is 4. The van der Waals surface area contributed by atoms with Crippen LogP contribution in [0.25, 0.3) is 0 Å². The summed E-state index contributed by atoms with van der Waals surface area (Å²) in [5.74, 6) is -0.499. The van der Waals surface area contributed by atoms with Gasteiger partial charge in [0.2, 0.25) is 0 Å². The molecule has 0 aliphatic heterocycles. The second kappa shape index (κ2) is 6.02. The summed E-state index contributed by atoms with van der Waals surface area (Å²) >= 11 is 5.65. The molecule has 0 saturated heterocycles. The summed E-state index contributed by atoms with van der Waals surface area (Å²) in [6.07, 6.45) is -2.87. The Morgan fingerprint density at radius 1 is 1.45 bits per heavy atom. The third-order valence-electron chi connectivity index (χ3n) is 2.32. The number of alkyl halides is 3. The predicted octanol–water partition coefficient (Wildman–Crippen LogP) is 3.70. The second-order valence-corrected chi connectivity index (χ2v) is 4.26. The van der Waals surface area contributed by atoms with Gasteiger partial charge in [-0.2, -0.15) is 18.3 Å². The lowest BCUT2D eigenvalue weighted by molar-refractivity contribution is -0.402. The van der Waals surface area contributed by atoms with Crippen LogP contribution in [-0.2, 0) is 6.18 Å². The second-order valence-electron chi connectivity index (χ2n) is 3.86. The molecule has 0 aliphatic rings. The molecule has 116 valence electrons. The number of pyridine rings is 1. The molecule has 0 radical (unpaired) electrons. The van der Waals surface area contributed by atoms with Crippen LogP contribution in [0.15, 0.2) is 33.9 Å². The van der Waals surface area contributed by atoms with Crippen LogP contribution >= 0.6 is 11.6 Å². The van der Waals surface area contributed by atoms with Gasteiger partial charge in [-0.3, -0.25) is 15.5 Å². The minimum atomic E-state index is -4.55. The van der Waals surface area contributed by atoms with Crippen LogP contribution < -0.4 is 5.43 Å². The SMILES string of the molecule is O=[N+]([O-])c1ccc(/C=N\Nc2ncc(C(F)(F)F)cc2Cl)o1. The van der Waals surface area contributed by atoms with Gasteiger partial charge in [0.1, 0.15) is 4.92 Å². The van der Waals surface area contributed by atoms with E-state index in [4.69, 9.17) is 16.0 Å². The van der Waals surface area contributed by atoms with E-state index in [1.54, 1.807) is 0 Å². The van der Waals surface area contributed by atoms with Gasteiger partial charge in [-0.1, -0.05) is 11.6 Å². The van der Waals surface area contributed by atoms with Gasteiger partial charge in [0.05, 0.1) is 22.9 Å². The van der Waals surface area contributed by atoms with Crippen LogP contribution in [0.3, 0.4) is 0 Å². The highest BCUT2D eigenvalue weighted by Gasteiger charge is 2.31. The van der Waals surface area contributed by atoms with Gasteiger partial charge in [0, 0.05) is 6.20 Å². The highest BCUT2D eigenvalue weighted by atomic mass is 35.5. The standard InChI is InChI=1S/C11H6ClF3N4O3/c12-8-3-6(11(13,14)15)4-16-10(8)18-17-5-7-1-2-9(22-7)19(20)21/h1-5H,(H,16,18)/b17-5-. The number of nitrogens with one attached hydrogen (secondary N) is 1.